The second-order valence-corrected chi connectivity index (χ2v) is 6.25. The molecule has 0 aliphatic rings. The molecule has 2 aromatic heterocycles. The summed E-state index contributed by atoms with van der Waals surface area (Å²) < 4.78 is 29.1. The van der Waals surface area contributed by atoms with Crippen LogP contribution in [0, 0.1) is 0 Å². The third-order valence-corrected chi connectivity index (χ3v) is 4.57. The lowest BCUT2D eigenvalue weighted by molar-refractivity contribution is 0.501. The summed E-state index contributed by atoms with van der Waals surface area (Å²) in [6.45, 7) is 6.37. The van der Waals surface area contributed by atoms with Crippen molar-refractivity contribution in [3.05, 3.63) is 24.2 Å². The molecule has 2 heterocycles. The maximum absolute atomic E-state index is 12.4. The summed E-state index contributed by atoms with van der Waals surface area (Å²) in [6.07, 6.45) is 3.99. The van der Waals surface area contributed by atoms with Gasteiger partial charge < -0.3 is 4.98 Å². The Hall–Kier alpha value is -1.74. The Morgan fingerprint density at radius 3 is 2.67 bits per heavy atom. The molecule has 0 spiro atoms. The standard InChI is InChI=1S/C12H20N6O2S/c1-4-9(12-14-8-15-18(12)6-3)17-21(19,20)11-7-13-10(5-2)16-11/h7-9,17H,4-6H2,1-3H3,(H,13,16)/t9-/m1/s1. The van der Waals surface area contributed by atoms with Gasteiger partial charge in [-0.2, -0.15) is 9.82 Å². The Morgan fingerprint density at radius 2 is 2.10 bits per heavy atom. The Labute approximate surface area is 124 Å². The zero-order valence-electron chi connectivity index (χ0n) is 12.4. The molecule has 0 saturated carbocycles. The Bertz CT molecular complexity index is 690. The SMILES string of the molecule is CCc1ncc(S(=O)(=O)N[C@H](CC)c2ncnn2CC)[nH]1. The molecule has 0 radical (unpaired) electrons. The average Bonchev–Trinajstić information content (AvgIpc) is 3.13. The van der Waals surface area contributed by atoms with Crippen molar-refractivity contribution in [2.45, 2.75) is 51.2 Å². The molecule has 0 aliphatic carbocycles. The van der Waals surface area contributed by atoms with E-state index in [-0.39, 0.29) is 5.03 Å². The second kappa shape index (κ2) is 6.35. The van der Waals surface area contributed by atoms with Gasteiger partial charge in [-0.15, -0.1) is 0 Å². The third-order valence-electron chi connectivity index (χ3n) is 3.19. The number of nitrogens with zero attached hydrogens (tertiary/aromatic N) is 4. The molecule has 2 N–H and O–H groups in total. The van der Waals surface area contributed by atoms with Crippen molar-refractivity contribution in [3.63, 3.8) is 0 Å². The predicted molar refractivity (Wildman–Crippen MR) is 77.0 cm³/mol. The molecule has 0 bridgehead atoms. The molecule has 0 aromatic carbocycles. The smallest absolute Gasteiger partial charge is 0.258 e. The Balaban J connectivity index is 2.25. The number of hydrogen-bond acceptors (Lipinski definition) is 5. The molecule has 116 valence electrons. The van der Waals surface area contributed by atoms with Gasteiger partial charge in [0, 0.05) is 13.0 Å². The van der Waals surface area contributed by atoms with Gasteiger partial charge >= 0.3 is 0 Å². The lowest BCUT2D eigenvalue weighted by Crippen LogP contribution is -2.30. The van der Waals surface area contributed by atoms with Crippen molar-refractivity contribution < 1.29 is 8.42 Å². The van der Waals surface area contributed by atoms with Gasteiger partial charge in [0.15, 0.2) is 5.03 Å². The maximum atomic E-state index is 12.4. The summed E-state index contributed by atoms with van der Waals surface area (Å²) in [7, 11) is -3.66. The van der Waals surface area contributed by atoms with Gasteiger partial charge in [0.1, 0.15) is 18.0 Å². The first-order valence-electron chi connectivity index (χ1n) is 6.95. The van der Waals surface area contributed by atoms with Crippen LogP contribution in [0.1, 0.15) is 44.9 Å². The van der Waals surface area contributed by atoms with E-state index in [0.717, 1.165) is 0 Å². The third kappa shape index (κ3) is 3.30. The van der Waals surface area contributed by atoms with Crippen LogP contribution in [0.25, 0.3) is 0 Å². The van der Waals surface area contributed by atoms with E-state index in [2.05, 4.69) is 24.8 Å². The van der Waals surface area contributed by atoms with E-state index in [1.165, 1.54) is 12.5 Å². The van der Waals surface area contributed by atoms with Gasteiger partial charge in [0.25, 0.3) is 10.0 Å². The molecule has 9 heteroatoms. The van der Waals surface area contributed by atoms with E-state index in [9.17, 15) is 8.42 Å². The fourth-order valence-corrected chi connectivity index (χ4v) is 3.23. The van der Waals surface area contributed by atoms with Crippen LogP contribution in [-0.4, -0.2) is 33.2 Å². The van der Waals surface area contributed by atoms with E-state index in [4.69, 9.17) is 0 Å². The molecule has 0 fully saturated rings. The fourth-order valence-electron chi connectivity index (χ4n) is 2.02. The predicted octanol–water partition coefficient (Wildman–Crippen LogP) is 1.01. The summed E-state index contributed by atoms with van der Waals surface area (Å²) in [5.74, 6) is 1.25. The van der Waals surface area contributed by atoms with Crippen LogP contribution in [0.3, 0.4) is 0 Å². The van der Waals surface area contributed by atoms with Crippen LogP contribution >= 0.6 is 0 Å². The first kappa shape index (κ1) is 15.6. The summed E-state index contributed by atoms with van der Waals surface area (Å²) in [5.41, 5.74) is 0. The minimum absolute atomic E-state index is 0.0698. The highest BCUT2D eigenvalue weighted by atomic mass is 32.2. The van der Waals surface area contributed by atoms with Crippen LogP contribution in [-0.2, 0) is 23.0 Å². The molecule has 2 rings (SSSR count). The molecule has 0 saturated heterocycles. The first-order valence-corrected chi connectivity index (χ1v) is 8.44. The summed E-state index contributed by atoms with van der Waals surface area (Å²) in [4.78, 5) is 11.0. The van der Waals surface area contributed by atoms with Crippen LogP contribution in [0.15, 0.2) is 17.6 Å². The quantitative estimate of drug-likeness (QED) is 0.794. The lowest BCUT2D eigenvalue weighted by atomic mass is 10.2. The van der Waals surface area contributed by atoms with E-state index >= 15 is 0 Å². The number of imidazole rings is 1. The van der Waals surface area contributed by atoms with Crippen molar-refractivity contribution in [1.29, 1.82) is 0 Å². The monoisotopic (exact) mass is 312 g/mol. The fraction of sp³-hybridized carbons (Fsp3) is 0.583. The summed E-state index contributed by atoms with van der Waals surface area (Å²) >= 11 is 0. The zero-order valence-corrected chi connectivity index (χ0v) is 13.2. The van der Waals surface area contributed by atoms with Gasteiger partial charge in [0.2, 0.25) is 0 Å². The van der Waals surface area contributed by atoms with Gasteiger partial charge in [-0.05, 0) is 13.3 Å². The van der Waals surface area contributed by atoms with Crippen LogP contribution in [0.4, 0.5) is 0 Å². The zero-order chi connectivity index (χ0) is 15.5. The first-order chi connectivity index (χ1) is 10.0. The lowest BCUT2D eigenvalue weighted by Gasteiger charge is -2.16. The average molecular weight is 312 g/mol. The van der Waals surface area contributed by atoms with E-state index < -0.39 is 16.1 Å². The molecule has 0 amide bonds. The number of rotatable bonds is 7. The molecule has 0 unspecified atom stereocenters. The van der Waals surface area contributed by atoms with Gasteiger partial charge in [-0.3, -0.25) is 0 Å². The number of nitrogens with one attached hydrogen (secondary N) is 2. The summed E-state index contributed by atoms with van der Waals surface area (Å²) in [6, 6.07) is -0.425. The Kier molecular flexibility index (Phi) is 4.73. The molecule has 2 aromatic rings. The number of aromatic nitrogens is 5. The highest BCUT2D eigenvalue weighted by Gasteiger charge is 2.25. The highest BCUT2D eigenvalue weighted by Crippen LogP contribution is 2.17. The molecule has 8 nitrogen and oxygen atoms in total. The number of sulfonamides is 1. The van der Waals surface area contributed by atoms with Crippen LogP contribution in [0.2, 0.25) is 0 Å². The van der Waals surface area contributed by atoms with Gasteiger partial charge in [-0.25, -0.2) is 23.1 Å². The number of aryl methyl sites for hydroxylation is 2. The molecular formula is C12H20N6O2S. The second-order valence-electron chi connectivity index (χ2n) is 4.56. The summed E-state index contributed by atoms with van der Waals surface area (Å²) in [5, 5.41) is 4.14. The molecular weight excluding hydrogens is 292 g/mol. The molecule has 0 aliphatic heterocycles. The van der Waals surface area contributed by atoms with E-state index in [1.807, 2.05) is 20.8 Å². The van der Waals surface area contributed by atoms with Gasteiger partial charge in [-0.1, -0.05) is 13.8 Å². The van der Waals surface area contributed by atoms with E-state index in [0.29, 0.717) is 31.0 Å². The van der Waals surface area contributed by atoms with Crippen LogP contribution < -0.4 is 4.72 Å². The van der Waals surface area contributed by atoms with Crippen molar-refractivity contribution in [2.24, 2.45) is 0 Å². The molecule has 21 heavy (non-hydrogen) atoms. The topological polar surface area (TPSA) is 106 Å². The maximum Gasteiger partial charge on any atom is 0.258 e. The van der Waals surface area contributed by atoms with Crippen molar-refractivity contribution >= 4 is 10.0 Å². The largest absolute Gasteiger partial charge is 0.332 e. The number of hydrogen-bond donors (Lipinski definition) is 2. The normalized spacial score (nSPS) is 13.5. The van der Waals surface area contributed by atoms with Crippen molar-refractivity contribution in [3.8, 4) is 0 Å². The van der Waals surface area contributed by atoms with E-state index in [1.54, 1.807) is 4.68 Å². The van der Waals surface area contributed by atoms with Crippen molar-refractivity contribution in [1.82, 2.24) is 29.5 Å². The number of H-pyrrole nitrogens is 1. The molecule has 1 atom stereocenters. The van der Waals surface area contributed by atoms with Crippen molar-refractivity contribution in [2.75, 3.05) is 0 Å². The minimum Gasteiger partial charge on any atom is -0.332 e. The highest BCUT2D eigenvalue weighted by molar-refractivity contribution is 7.89. The van der Waals surface area contributed by atoms with Crippen LogP contribution in [0.5, 0.6) is 0 Å². The minimum atomic E-state index is -3.66. The number of aromatic amines is 1. The van der Waals surface area contributed by atoms with Gasteiger partial charge in [0.05, 0.1) is 12.2 Å². The Morgan fingerprint density at radius 1 is 1.33 bits per heavy atom.